The zero-order chi connectivity index (χ0) is 21.3. The lowest BCUT2D eigenvalue weighted by Crippen LogP contribution is -2.29. The fourth-order valence-electron chi connectivity index (χ4n) is 3.15. The molecule has 1 amide bonds. The Bertz CT molecular complexity index is 938. The zero-order valence-electron chi connectivity index (χ0n) is 17.8. The number of nitrogens with one attached hydrogen (secondary N) is 1. The molecule has 0 spiro atoms. The molecular formula is C24H29N3O3. The van der Waals surface area contributed by atoms with Gasteiger partial charge in [-0.25, -0.2) is 0 Å². The Morgan fingerprint density at radius 2 is 2.00 bits per heavy atom. The van der Waals surface area contributed by atoms with E-state index in [4.69, 9.17) is 9.15 Å². The van der Waals surface area contributed by atoms with Gasteiger partial charge in [0.05, 0.1) is 13.7 Å². The van der Waals surface area contributed by atoms with Gasteiger partial charge in [-0.05, 0) is 55.8 Å². The summed E-state index contributed by atoms with van der Waals surface area (Å²) in [6.07, 6.45) is 2.43. The number of methoxy groups -OCH3 is 1. The molecule has 3 aromatic rings. The minimum Gasteiger partial charge on any atom is -0.497 e. The van der Waals surface area contributed by atoms with Gasteiger partial charge in [0.15, 0.2) is 5.76 Å². The topological polar surface area (TPSA) is 67.6 Å². The van der Waals surface area contributed by atoms with E-state index < -0.39 is 0 Å². The fourth-order valence-corrected chi connectivity index (χ4v) is 3.15. The highest BCUT2D eigenvalue weighted by atomic mass is 16.5. The van der Waals surface area contributed by atoms with Crippen molar-refractivity contribution in [3.8, 4) is 5.75 Å². The standard InChI is InChI=1S/C24H29N3O3/c1-18(2)27(16-19-7-6-9-21(15-19)29-3)17-22-10-11-23(30-22)24(28)26-14-12-20-8-4-5-13-25-20/h4-11,13,15,18H,12,14,16-17H2,1-3H3,(H,26,28). The van der Waals surface area contributed by atoms with Crippen molar-refractivity contribution in [3.63, 3.8) is 0 Å². The molecule has 6 heteroatoms. The Labute approximate surface area is 177 Å². The number of rotatable bonds is 10. The number of carbonyl (C=O) groups is 1. The molecule has 1 aromatic carbocycles. The maximum absolute atomic E-state index is 12.4. The van der Waals surface area contributed by atoms with E-state index in [0.717, 1.165) is 23.7 Å². The first-order chi connectivity index (χ1) is 14.5. The average molecular weight is 408 g/mol. The molecule has 3 rings (SSSR count). The molecule has 0 fully saturated rings. The van der Waals surface area contributed by atoms with Gasteiger partial charge in [0.2, 0.25) is 0 Å². The molecule has 0 aliphatic rings. The molecule has 0 bridgehead atoms. The minimum absolute atomic E-state index is 0.207. The summed E-state index contributed by atoms with van der Waals surface area (Å²) in [5.41, 5.74) is 2.12. The Kier molecular flexibility index (Phi) is 7.63. The third-order valence-corrected chi connectivity index (χ3v) is 4.89. The summed E-state index contributed by atoms with van der Waals surface area (Å²) in [6.45, 7) is 6.19. The van der Waals surface area contributed by atoms with Crippen LogP contribution in [0.5, 0.6) is 5.75 Å². The minimum atomic E-state index is -0.207. The van der Waals surface area contributed by atoms with Crippen molar-refractivity contribution in [1.82, 2.24) is 15.2 Å². The Morgan fingerprint density at radius 1 is 1.13 bits per heavy atom. The first-order valence-electron chi connectivity index (χ1n) is 10.2. The number of aromatic nitrogens is 1. The summed E-state index contributed by atoms with van der Waals surface area (Å²) in [5, 5.41) is 2.89. The molecule has 0 atom stereocenters. The van der Waals surface area contributed by atoms with Crippen molar-refractivity contribution in [2.24, 2.45) is 0 Å². The maximum atomic E-state index is 12.4. The van der Waals surface area contributed by atoms with Crippen LogP contribution in [-0.4, -0.2) is 35.5 Å². The second-order valence-corrected chi connectivity index (χ2v) is 7.44. The number of benzene rings is 1. The number of hydrogen-bond donors (Lipinski definition) is 1. The lowest BCUT2D eigenvalue weighted by molar-refractivity contribution is 0.0921. The molecule has 1 N–H and O–H groups in total. The number of furan rings is 1. The van der Waals surface area contributed by atoms with Crippen LogP contribution in [0.15, 0.2) is 65.2 Å². The maximum Gasteiger partial charge on any atom is 0.287 e. The van der Waals surface area contributed by atoms with E-state index in [1.807, 2.05) is 42.5 Å². The van der Waals surface area contributed by atoms with Crippen molar-refractivity contribution in [2.45, 2.75) is 39.4 Å². The van der Waals surface area contributed by atoms with Gasteiger partial charge in [0.25, 0.3) is 5.91 Å². The van der Waals surface area contributed by atoms with E-state index >= 15 is 0 Å². The fraction of sp³-hybridized carbons (Fsp3) is 0.333. The molecule has 158 valence electrons. The molecule has 0 saturated carbocycles. The van der Waals surface area contributed by atoms with Gasteiger partial charge in [0.1, 0.15) is 11.5 Å². The van der Waals surface area contributed by atoms with E-state index in [0.29, 0.717) is 31.3 Å². The number of carbonyl (C=O) groups excluding carboxylic acids is 1. The molecule has 2 heterocycles. The number of hydrogen-bond acceptors (Lipinski definition) is 5. The summed E-state index contributed by atoms with van der Waals surface area (Å²) < 4.78 is 11.1. The first-order valence-corrected chi connectivity index (χ1v) is 10.2. The summed E-state index contributed by atoms with van der Waals surface area (Å²) in [7, 11) is 1.67. The van der Waals surface area contributed by atoms with Gasteiger partial charge < -0.3 is 14.5 Å². The summed E-state index contributed by atoms with van der Waals surface area (Å²) in [5.74, 6) is 1.73. The van der Waals surface area contributed by atoms with Crippen LogP contribution in [0.3, 0.4) is 0 Å². The molecule has 2 aromatic heterocycles. The summed E-state index contributed by atoms with van der Waals surface area (Å²) in [6, 6.07) is 17.7. The number of ether oxygens (including phenoxy) is 1. The van der Waals surface area contributed by atoms with Gasteiger partial charge in [-0.15, -0.1) is 0 Å². The highest BCUT2D eigenvalue weighted by molar-refractivity contribution is 5.91. The van der Waals surface area contributed by atoms with Gasteiger partial charge in [-0.2, -0.15) is 0 Å². The van der Waals surface area contributed by atoms with Gasteiger partial charge >= 0.3 is 0 Å². The Morgan fingerprint density at radius 3 is 2.73 bits per heavy atom. The molecule has 0 aliphatic heterocycles. The van der Waals surface area contributed by atoms with Gasteiger partial charge in [0, 0.05) is 37.4 Å². The molecule has 0 unspecified atom stereocenters. The van der Waals surface area contributed by atoms with E-state index in [1.54, 1.807) is 19.4 Å². The highest BCUT2D eigenvalue weighted by Crippen LogP contribution is 2.18. The van der Waals surface area contributed by atoms with Gasteiger partial charge in [-0.3, -0.25) is 14.7 Å². The lowest BCUT2D eigenvalue weighted by atomic mass is 10.1. The second kappa shape index (κ2) is 10.6. The highest BCUT2D eigenvalue weighted by Gasteiger charge is 2.16. The van der Waals surface area contributed by atoms with Crippen LogP contribution in [0, 0.1) is 0 Å². The predicted molar refractivity (Wildman–Crippen MR) is 116 cm³/mol. The van der Waals surface area contributed by atoms with Crippen LogP contribution < -0.4 is 10.1 Å². The van der Waals surface area contributed by atoms with E-state index in [9.17, 15) is 4.79 Å². The van der Waals surface area contributed by atoms with Crippen LogP contribution in [-0.2, 0) is 19.5 Å². The summed E-state index contributed by atoms with van der Waals surface area (Å²) >= 11 is 0. The van der Waals surface area contributed by atoms with Crippen molar-refractivity contribution in [3.05, 3.63) is 83.6 Å². The van der Waals surface area contributed by atoms with E-state index in [-0.39, 0.29) is 5.91 Å². The molecule has 30 heavy (non-hydrogen) atoms. The molecule has 0 aliphatic carbocycles. The molecule has 0 radical (unpaired) electrons. The second-order valence-electron chi connectivity index (χ2n) is 7.44. The van der Waals surface area contributed by atoms with Crippen LogP contribution in [0.2, 0.25) is 0 Å². The Balaban J connectivity index is 1.56. The van der Waals surface area contributed by atoms with Crippen LogP contribution >= 0.6 is 0 Å². The SMILES string of the molecule is COc1cccc(CN(Cc2ccc(C(=O)NCCc3ccccn3)o2)C(C)C)c1. The van der Waals surface area contributed by atoms with Crippen molar-refractivity contribution in [1.29, 1.82) is 0 Å². The smallest absolute Gasteiger partial charge is 0.287 e. The van der Waals surface area contributed by atoms with Crippen molar-refractivity contribution < 1.29 is 13.9 Å². The quantitative estimate of drug-likeness (QED) is 0.549. The van der Waals surface area contributed by atoms with Crippen molar-refractivity contribution >= 4 is 5.91 Å². The lowest BCUT2D eigenvalue weighted by Gasteiger charge is -2.25. The van der Waals surface area contributed by atoms with Crippen molar-refractivity contribution in [2.75, 3.05) is 13.7 Å². The largest absolute Gasteiger partial charge is 0.497 e. The van der Waals surface area contributed by atoms with Crippen LogP contribution in [0.1, 0.15) is 41.4 Å². The molecular weight excluding hydrogens is 378 g/mol. The van der Waals surface area contributed by atoms with Gasteiger partial charge in [-0.1, -0.05) is 18.2 Å². The third-order valence-electron chi connectivity index (χ3n) is 4.89. The first kappa shape index (κ1) is 21.6. The third kappa shape index (κ3) is 6.19. The predicted octanol–water partition coefficient (Wildman–Crippen LogP) is 4.07. The number of amides is 1. The number of pyridine rings is 1. The van der Waals surface area contributed by atoms with E-state index in [1.165, 1.54) is 5.56 Å². The normalized spacial score (nSPS) is 11.1. The van der Waals surface area contributed by atoms with Crippen LogP contribution in [0.25, 0.3) is 0 Å². The molecule has 6 nitrogen and oxygen atoms in total. The zero-order valence-corrected chi connectivity index (χ0v) is 17.8. The monoisotopic (exact) mass is 407 g/mol. The average Bonchev–Trinajstić information content (AvgIpc) is 3.23. The molecule has 0 saturated heterocycles. The van der Waals surface area contributed by atoms with E-state index in [2.05, 4.69) is 35.1 Å². The Hall–Kier alpha value is -3.12. The van der Waals surface area contributed by atoms with Crippen LogP contribution in [0.4, 0.5) is 0 Å². The number of nitrogens with zero attached hydrogens (tertiary/aromatic N) is 2. The summed E-state index contributed by atoms with van der Waals surface area (Å²) in [4.78, 5) is 18.9.